The maximum Gasteiger partial charge on any atom is 0.159 e. The van der Waals surface area contributed by atoms with Gasteiger partial charge in [-0.3, -0.25) is 4.79 Å². The van der Waals surface area contributed by atoms with E-state index in [-0.39, 0.29) is 0 Å². The van der Waals surface area contributed by atoms with E-state index in [1.165, 1.54) is 5.75 Å². The summed E-state index contributed by atoms with van der Waals surface area (Å²) in [7, 11) is 0. The van der Waals surface area contributed by atoms with Crippen LogP contribution in [0.4, 0.5) is 0 Å². The zero-order chi connectivity index (χ0) is 6.97. The van der Waals surface area contributed by atoms with E-state index in [1.807, 2.05) is 11.8 Å². The van der Waals surface area contributed by atoms with Gasteiger partial charge in [0, 0.05) is 11.7 Å². The van der Waals surface area contributed by atoms with E-state index in [4.69, 9.17) is 0 Å². The molecule has 0 N–H and O–H groups in total. The molecule has 2 heteroatoms. The lowest BCUT2D eigenvalue weighted by Gasteiger charge is -2.28. The molecule has 1 aliphatic heterocycles. The number of hydrogen-bond acceptors (Lipinski definition) is 2. The van der Waals surface area contributed by atoms with Gasteiger partial charge in [0.15, 0.2) is 5.78 Å². The van der Waals surface area contributed by atoms with Crippen molar-refractivity contribution >= 4 is 17.5 Å². The molecule has 54 valence electrons. The molecule has 2 atom stereocenters. The molecule has 2 bridgehead atoms. The molecular weight excluding hydrogens is 144 g/mol. The van der Waals surface area contributed by atoms with Gasteiger partial charge >= 0.3 is 0 Å². The van der Waals surface area contributed by atoms with Crippen molar-refractivity contribution in [3.8, 4) is 0 Å². The zero-order valence-electron chi connectivity index (χ0n) is 5.75. The number of ketones is 1. The van der Waals surface area contributed by atoms with Crippen molar-refractivity contribution in [2.45, 2.75) is 6.42 Å². The molecule has 0 aromatic carbocycles. The van der Waals surface area contributed by atoms with Crippen LogP contribution in [0, 0.1) is 11.8 Å². The fraction of sp³-hybridized carbons (Fsp3) is 0.625. The van der Waals surface area contributed by atoms with Crippen LogP contribution in [0.1, 0.15) is 6.42 Å². The van der Waals surface area contributed by atoms with Gasteiger partial charge in [-0.1, -0.05) is 6.08 Å². The van der Waals surface area contributed by atoms with Crippen LogP contribution >= 0.6 is 11.8 Å². The van der Waals surface area contributed by atoms with Crippen LogP contribution in [0.3, 0.4) is 0 Å². The van der Waals surface area contributed by atoms with E-state index in [0.29, 0.717) is 17.6 Å². The second kappa shape index (κ2) is 2.42. The lowest BCUT2D eigenvalue weighted by atomic mass is 9.87. The highest BCUT2D eigenvalue weighted by Crippen LogP contribution is 2.32. The molecule has 1 aliphatic carbocycles. The number of fused-ring (bicyclic) bond motifs is 2. The maximum absolute atomic E-state index is 11.1. The summed E-state index contributed by atoms with van der Waals surface area (Å²) in [6.07, 6.45) is 4.96. The third-order valence-corrected chi connectivity index (χ3v) is 3.48. The van der Waals surface area contributed by atoms with E-state index < -0.39 is 0 Å². The van der Waals surface area contributed by atoms with Gasteiger partial charge in [-0.05, 0) is 24.2 Å². The second-order valence-electron chi connectivity index (χ2n) is 2.99. The largest absolute Gasteiger partial charge is 0.295 e. The number of carbonyl (C=O) groups is 1. The molecule has 2 rings (SSSR count). The van der Waals surface area contributed by atoms with Crippen LogP contribution in [0.25, 0.3) is 0 Å². The first-order chi connectivity index (χ1) is 4.86. The Morgan fingerprint density at radius 3 is 3.20 bits per heavy atom. The van der Waals surface area contributed by atoms with Crippen molar-refractivity contribution in [2.75, 3.05) is 11.5 Å². The van der Waals surface area contributed by atoms with Gasteiger partial charge in [-0.15, -0.1) is 0 Å². The minimum absolute atomic E-state index is 0.350. The van der Waals surface area contributed by atoms with Gasteiger partial charge in [0.2, 0.25) is 0 Å². The number of rotatable bonds is 0. The van der Waals surface area contributed by atoms with E-state index in [1.54, 1.807) is 6.08 Å². The first-order valence-corrected chi connectivity index (χ1v) is 4.81. The minimum Gasteiger partial charge on any atom is -0.295 e. The van der Waals surface area contributed by atoms with Crippen LogP contribution in [0.2, 0.25) is 0 Å². The Morgan fingerprint density at radius 1 is 1.50 bits per heavy atom. The lowest BCUT2D eigenvalue weighted by Crippen LogP contribution is -2.27. The molecule has 0 radical (unpaired) electrons. The highest BCUT2D eigenvalue weighted by atomic mass is 32.2. The summed E-state index contributed by atoms with van der Waals surface area (Å²) in [4.78, 5) is 11.1. The molecule has 2 aliphatic rings. The van der Waals surface area contributed by atoms with E-state index in [2.05, 4.69) is 6.08 Å². The Hall–Kier alpha value is -0.240. The molecule has 1 nitrogen and oxygen atoms in total. The van der Waals surface area contributed by atoms with Gasteiger partial charge in [-0.2, -0.15) is 11.8 Å². The van der Waals surface area contributed by atoms with Crippen molar-refractivity contribution in [1.29, 1.82) is 0 Å². The Balaban J connectivity index is 2.21. The molecule has 1 heterocycles. The molecule has 0 aromatic rings. The third kappa shape index (κ3) is 1.01. The second-order valence-corrected chi connectivity index (χ2v) is 4.07. The van der Waals surface area contributed by atoms with Gasteiger partial charge < -0.3 is 0 Å². The average Bonchev–Trinajstić information content (AvgIpc) is 1.99. The van der Waals surface area contributed by atoms with Crippen LogP contribution in [-0.4, -0.2) is 17.3 Å². The molecule has 1 saturated heterocycles. The van der Waals surface area contributed by atoms with Crippen LogP contribution < -0.4 is 0 Å². The SMILES string of the molecule is O=C1C=CC2CSCC1C2. The normalized spacial score (nSPS) is 38.2. The number of carbonyl (C=O) groups excluding carboxylic acids is 1. The third-order valence-electron chi connectivity index (χ3n) is 2.17. The molecule has 0 spiro atoms. The Bertz CT molecular complexity index is 186. The van der Waals surface area contributed by atoms with E-state index >= 15 is 0 Å². The summed E-state index contributed by atoms with van der Waals surface area (Å²) in [5.74, 6) is 3.68. The number of hydrogen-bond donors (Lipinski definition) is 0. The average molecular weight is 154 g/mol. The summed E-state index contributed by atoms with van der Waals surface area (Å²) in [5.41, 5.74) is 0. The van der Waals surface area contributed by atoms with Crippen molar-refractivity contribution in [3.63, 3.8) is 0 Å². The summed E-state index contributed by atoms with van der Waals surface area (Å²) in [6.45, 7) is 0. The predicted molar refractivity (Wildman–Crippen MR) is 43.1 cm³/mol. The fourth-order valence-electron chi connectivity index (χ4n) is 1.56. The first kappa shape index (κ1) is 6.47. The highest BCUT2D eigenvalue weighted by molar-refractivity contribution is 7.99. The Labute approximate surface area is 64.9 Å². The number of thioether (sulfide) groups is 1. The molecule has 0 saturated carbocycles. The minimum atomic E-state index is 0.350. The summed E-state index contributed by atoms with van der Waals surface area (Å²) >= 11 is 1.92. The number of allylic oxidation sites excluding steroid dienone is 2. The van der Waals surface area contributed by atoms with Gasteiger partial charge in [0.1, 0.15) is 0 Å². The fourth-order valence-corrected chi connectivity index (χ4v) is 2.83. The molecule has 10 heavy (non-hydrogen) atoms. The Morgan fingerprint density at radius 2 is 2.40 bits per heavy atom. The maximum atomic E-state index is 11.1. The summed E-state index contributed by atoms with van der Waals surface area (Å²) in [5, 5.41) is 0. The standard InChI is InChI=1S/C8H10OS/c9-8-2-1-6-3-7(8)5-10-4-6/h1-2,6-7H,3-5H2. The first-order valence-electron chi connectivity index (χ1n) is 3.66. The zero-order valence-corrected chi connectivity index (χ0v) is 6.56. The van der Waals surface area contributed by atoms with Gasteiger partial charge in [0.25, 0.3) is 0 Å². The summed E-state index contributed by atoms with van der Waals surface area (Å²) < 4.78 is 0. The smallest absolute Gasteiger partial charge is 0.159 e. The predicted octanol–water partition coefficient (Wildman–Crippen LogP) is 1.49. The lowest BCUT2D eigenvalue weighted by molar-refractivity contribution is -0.118. The molecular formula is C8H10OS. The van der Waals surface area contributed by atoms with Crippen molar-refractivity contribution < 1.29 is 4.79 Å². The van der Waals surface area contributed by atoms with Crippen LogP contribution in [0.15, 0.2) is 12.2 Å². The Kier molecular flexibility index (Phi) is 1.57. The van der Waals surface area contributed by atoms with E-state index in [0.717, 1.165) is 12.2 Å². The monoisotopic (exact) mass is 154 g/mol. The topological polar surface area (TPSA) is 17.1 Å². The van der Waals surface area contributed by atoms with Crippen LogP contribution in [-0.2, 0) is 4.79 Å². The van der Waals surface area contributed by atoms with Crippen LogP contribution in [0.5, 0.6) is 0 Å². The van der Waals surface area contributed by atoms with Gasteiger partial charge in [-0.25, -0.2) is 0 Å². The molecule has 2 unspecified atom stereocenters. The van der Waals surface area contributed by atoms with Gasteiger partial charge in [0.05, 0.1) is 0 Å². The summed E-state index contributed by atoms with van der Waals surface area (Å²) in [6, 6.07) is 0. The molecule has 1 fully saturated rings. The molecule has 0 amide bonds. The quantitative estimate of drug-likeness (QED) is 0.526. The van der Waals surface area contributed by atoms with Crippen molar-refractivity contribution in [1.82, 2.24) is 0 Å². The van der Waals surface area contributed by atoms with Crippen molar-refractivity contribution in [2.24, 2.45) is 11.8 Å². The van der Waals surface area contributed by atoms with E-state index in [9.17, 15) is 4.79 Å². The van der Waals surface area contributed by atoms with Crippen molar-refractivity contribution in [3.05, 3.63) is 12.2 Å². The highest BCUT2D eigenvalue weighted by Gasteiger charge is 2.28. The molecule has 0 aromatic heterocycles.